The summed E-state index contributed by atoms with van der Waals surface area (Å²) >= 11 is 0. The quantitative estimate of drug-likeness (QED) is 0.558. The van der Waals surface area contributed by atoms with Crippen LogP contribution in [0.2, 0.25) is 0 Å². The number of hydrogen-bond donors (Lipinski definition) is 0. The molecule has 0 aromatic heterocycles. The number of benzene rings is 1. The second kappa shape index (κ2) is 7.23. The predicted octanol–water partition coefficient (Wildman–Crippen LogP) is 4.09. The maximum atomic E-state index is 10.8. The van der Waals surface area contributed by atoms with Crippen molar-refractivity contribution in [1.82, 2.24) is 0 Å². The summed E-state index contributed by atoms with van der Waals surface area (Å²) in [5, 5.41) is 0. The van der Waals surface area contributed by atoms with Crippen molar-refractivity contribution in [2.45, 2.75) is 0 Å². The number of carbonyl (C=O) groups is 1. The lowest BCUT2D eigenvalue weighted by Gasteiger charge is -1.88. The molecule has 0 N–H and O–H groups in total. The maximum Gasteiger partial charge on any atom is 0.196 e. The smallest absolute Gasteiger partial charge is 0.196 e. The van der Waals surface area contributed by atoms with Crippen LogP contribution in [0.4, 0.5) is 0 Å². The summed E-state index contributed by atoms with van der Waals surface area (Å²) in [7, 11) is 0.789. The summed E-state index contributed by atoms with van der Waals surface area (Å²) < 4.78 is 4.05. The van der Waals surface area contributed by atoms with E-state index in [4.69, 9.17) is 0 Å². The lowest BCUT2D eigenvalue weighted by Crippen LogP contribution is -1.72. The van der Waals surface area contributed by atoms with Crippen LogP contribution in [-0.4, -0.2) is 5.52 Å². The highest BCUT2D eigenvalue weighted by atomic mass is 31.1. The molecule has 0 amide bonds. The van der Waals surface area contributed by atoms with E-state index in [1.165, 1.54) is 6.08 Å². The lowest BCUT2D eigenvalue weighted by atomic mass is 10.2. The van der Waals surface area contributed by atoms with Gasteiger partial charge in [-0.05, 0) is 23.5 Å². The molecule has 0 fully saturated rings. The zero-order valence-corrected chi connectivity index (χ0v) is 10.0. The van der Waals surface area contributed by atoms with Gasteiger partial charge in [0.25, 0.3) is 0 Å². The van der Waals surface area contributed by atoms with Crippen LogP contribution >= 0.6 is 17.1 Å². The van der Waals surface area contributed by atoms with Crippen molar-refractivity contribution >= 4 is 28.7 Å². The average molecular weight is 235 g/mol. The Hall–Kier alpha value is -1.10. The summed E-state index contributed by atoms with van der Waals surface area (Å²) in [5.41, 5.74) is 1.12. The van der Waals surface area contributed by atoms with Gasteiger partial charge in [0.05, 0.1) is 8.73 Å². The summed E-state index contributed by atoms with van der Waals surface area (Å²) in [4.78, 5) is 10.8. The second-order valence-corrected chi connectivity index (χ2v) is 4.67. The molecule has 0 heterocycles. The normalized spacial score (nSPS) is 11.7. The van der Waals surface area contributed by atoms with Gasteiger partial charge in [-0.1, -0.05) is 36.9 Å². The van der Waals surface area contributed by atoms with Gasteiger partial charge in [0.2, 0.25) is 0 Å². The van der Waals surface area contributed by atoms with Crippen LogP contribution in [0.5, 0.6) is 0 Å². The molecule has 1 atom stereocenters. The fraction of sp³-hybridized carbons (Fsp3) is 0. The molecule has 76 valence electrons. The minimum absolute atomic E-state index is 0.0180. The maximum absolute atomic E-state index is 10.8. The third kappa shape index (κ3) is 5.37. The Labute approximate surface area is 92.8 Å². The van der Waals surface area contributed by atoms with Gasteiger partial charge in [0.15, 0.2) is 5.52 Å². The summed E-state index contributed by atoms with van der Waals surface area (Å²) in [6, 6.07) is 9.98. The van der Waals surface area contributed by atoms with Crippen molar-refractivity contribution in [2.75, 3.05) is 0 Å². The van der Waals surface area contributed by atoms with Crippen LogP contribution < -0.4 is 0 Å². The van der Waals surface area contributed by atoms with Crippen LogP contribution in [0.15, 0.2) is 53.3 Å². The Balaban J connectivity index is 2.40. The predicted molar refractivity (Wildman–Crippen MR) is 68.3 cm³/mol. The average Bonchev–Trinajstić information content (AvgIpc) is 2.29. The molecule has 2 nitrogen and oxygen atoms in total. The van der Waals surface area contributed by atoms with Crippen LogP contribution in [0.25, 0.3) is 6.08 Å². The van der Waals surface area contributed by atoms with E-state index in [-0.39, 0.29) is 14.3 Å². The van der Waals surface area contributed by atoms with Crippen molar-refractivity contribution in [2.24, 2.45) is 4.52 Å². The van der Waals surface area contributed by atoms with Gasteiger partial charge in [-0.15, -0.1) is 0 Å². The molecule has 0 spiro atoms. The van der Waals surface area contributed by atoms with Gasteiger partial charge >= 0.3 is 0 Å². The molecule has 1 aromatic carbocycles. The van der Waals surface area contributed by atoms with E-state index in [1.807, 2.05) is 42.2 Å². The molecule has 0 radical (unpaired) electrons. The topological polar surface area (TPSA) is 29.4 Å². The highest BCUT2D eigenvalue weighted by Crippen LogP contribution is 2.21. The van der Waals surface area contributed by atoms with Crippen LogP contribution in [0.3, 0.4) is 0 Å². The number of carbonyl (C=O) groups excluding carboxylic acids is 1. The zero-order valence-electron chi connectivity index (χ0n) is 8.13. The second-order valence-electron chi connectivity index (χ2n) is 2.62. The fourth-order valence-corrected chi connectivity index (χ4v) is 2.06. The Morgan fingerprint density at radius 2 is 2.13 bits per heavy atom. The summed E-state index contributed by atoms with van der Waals surface area (Å²) in [6.45, 7) is 3.38. The first kappa shape index (κ1) is 12.0. The molecule has 1 aromatic rings. The van der Waals surface area contributed by atoms with Crippen LogP contribution in [0.1, 0.15) is 5.56 Å². The van der Waals surface area contributed by atoms with E-state index in [1.54, 1.807) is 0 Å². The minimum Gasteiger partial charge on any atom is -0.288 e. The molecule has 0 saturated carbocycles. The first-order valence-electron chi connectivity index (χ1n) is 4.37. The minimum atomic E-state index is -0.0220. The first-order valence-corrected chi connectivity index (χ1v) is 6.23. The van der Waals surface area contributed by atoms with E-state index >= 15 is 0 Å². The number of allylic oxidation sites excluding steroid dienone is 1. The van der Waals surface area contributed by atoms with Gasteiger partial charge in [-0.3, -0.25) is 4.79 Å². The lowest BCUT2D eigenvalue weighted by molar-refractivity contribution is -0.107. The molecule has 1 unspecified atom stereocenters. The molecule has 0 aliphatic rings. The van der Waals surface area contributed by atoms with Crippen molar-refractivity contribution < 1.29 is 4.79 Å². The SMILES string of the molecule is C=CC(=O)PN=PC=Cc1ccccc1. The van der Waals surface area contributed by atoms with Crippen LogP contribution in [-0.2, 0) is 4.79 Å². The van der Waals surface area contributed by atoms with E-state index in [2.05, 4.69) is 11.1 Å². The monoisotopic (exact) mass is 235 g/mol. The van der Waals surface area contributed by atoms with E-state index in [0.717, 1.165) is 13.9 Å². The van der Waals surface area contributed by atoms with Gasteiger partial charge in [-0.25, -0.2) is 4.52 Å². The van der Waals surface area contributed by atoms with Gasteiger partial charge in [-0.2, -0.15) is 0 Å². The fourth-order valence-electron chi connectivity index (χ4n) is 0.841. The zero-order chi connectivity index (χ0) is 10.9. The van der Waals surface area contributed by atoms with E-state index in [0.29, 0.717) is 0 Å². The Kier molecular flexibility index (Phi) is 5.77. The highest BCUT2D eigenvalue weighted by Gasteiger charge is 1.88. The van der Waals surface area contributed by atoms with E-state index in [9.17, 15) is 4.79 Å². The summed E-state index contributed by atoms with van der Waals surface area (Å²) in [5.74, 6) is 1.92. The molecular formula is C11H11NOP2. The van der Waals surface area contributed by atoms with Crippen LogP contribution in [0, 0.1) is 0 Å². The first-order chi connectivity index (χ1) is 7.33. The highest BCUT2D eigenvalue weighted by molar-refractivity contribution is 7.61. The molecule has 1 rings (SSSR count). The third-order valence-corrected chi connectivity index (χ3v) is 3.11. The molecule has 0 saturated heterocycles. The number of rotatable bonds is 5. The van der Waals surface area contributed by atoms with Gasteiger partial charge in [0, 0.05) is 8.37 Å². The summed E-state index contributed by atoms with van der Waals surface area (Å²) in [6.07, 6.45) is 3.28. The standard InChI is InChI=1S/C11H11NOP2/c1-2-11(13)15-12-14-9-8-10-6-4-3-5-7-10/h2-9,15H,1H2. The van der Waals surface area contributed by atoms with Gasteiger partial charge < -0.3 is 0 Å². The van der Waals surface area contributed by atoms with E-state index < -0.39 is 0 Å². The number of nitrogens with zero attached hydrogens (tertiary/aromatic N) is 1. The number of hydrogen-bond acceptors (Lipinski definition) is 2. The van der Waals surface area contributed by atoms with Crippen molar-refractivity contribution in [3.8, 4) is 0 Å². The third-order valence-electron chi connectivity index (χ3n) is 1.54. The Morgan fingerprint density at radius 1 is 1.40 bits per heavy atom. The molecule has 15 heavy (non-hydrogen) atoms. The van der Waals surface area contributed by atoms with Crippen molar-refractivity contribution in [3.63, 3.8) is 0 Å². The Bertz CT molecular complexity index is 385. The molecule has 0 bridgehead atoms. The molecule has 4 heteroatoms. The molecular weight excluding hydrogens is 224 g/mol. The van der Waals surface area contributed by atoms with Gasteiger partial charge in [0.1, 0.15) is 0 Å². The van der Waals surface area contributed by atoms with Crippen molar-refractivity contribution in [1.29, 1.82) is 0 Å². The van der Waals surface area contributed by atoms with Crippen molar-refractivity contribution in [3.05, 3.63) is 54.4 Å². The molecule has 0 aliphatic carbocycles. The molecule has 0 aliphatic heterocycles. The largest absolute Gasteiger partial charge is 0.288 e. The Morgan fingerprint density at radius 3 is 2.80 bits per heavy atom.